The van der Waals surface area contributed by atoms with Gasteiger partial charge in [0.15, 0.2) is 0 Å². The monoisotopic (exact) mass is 270 g/mol. The van der Waals surface area contributed by atoms with E-state index in [2.05, 4.69) is 58.7 Å². The number of nitrogens with zero attached hydrogens (tertiary/aromatic N) is 1. The van der Waals surface area contributed by atoms with Gasteiger partial charge in [-0.05, 0) is 30.7 Å². The van der Waals surface area contributed by atoms with E-state index >= 15 is 0 Å². The molecule has 0 aliphatic rings. The molecule has 0 heterocycles. The van der Waals surface area contributed by atoms with Gasteiger partial charge in [-0.1, -0.05) is 54.9 Å². The molecule has 0 bridgehead atoms. The van der Waals surface area contributed by atoms with Crippen LogP contribution in [0.25, 0.3) is 0 Å². The first-order valence-corrected chi connectivity index (χ1v) is 8.31. The van der Waals surface area contributed by atoms with Crippen molar-refractivity contribution in [3.05, 3.63) is 0 Å². The predicted molar refractivity (Wildman–Crippen MR) is 87.7 cm³/mol. The molecule has 0 aromatic heterocycles. The van der Waals surface area contributed by atoms with Crippen molar-refractivity contribution < 1.29 is 0 Å². The Labute approximate surface area is 122 Å². The molecule has 1 atom stereocenters. The normalized spacial score (nSPS) is 14.1. The van der Waals surface area contributed by atoms with Crippen molar-refractivity contribution in [2.45, 2.75) is 67.3 Å². The Morgan fingerprint density at radius 1 is 0.789 bits per heavy atom. The summed E-state index contributed by atoms with van der Waals surface area (Å²) in [5.41, 5.74) is 0. The molecule has 116 valence electrons. The number of rotatable bonds is 11. The summed E-state index contributed by atoms with van der Waals surface area (Å²) >= 11 is 0. The Balaban J connectivity index is 4.44. The van der Waals surface area contributed by atoms with Crippen LogP contribution in [0, 0.1) is 17.8 Å². The zero-order valence-corrected chi connectivity index (χ0v) is 14.5. The molecule has 0 saturated carbocycles. The number of hydrogen-bond acceptors (Lipinski definition) is 2. The van der Waals surface area contributed by atoms with Gasteiger partial charge >= 0.3 is 0 Å². The van der Waals surface area contributed by atoms with E-state index in [9.17, 15) is 0 Å². The highest BCUT2D eigenvalue weighted by atomic mass is 15.2. The van der Waals surface area contributed by atoms with Gasteiger partial charge in [-0.2, -0.15) is 0 Å². The first-order valence-electron chi connectivity index (χ1n) is 8.31. The first-order chi connectivity index (χ1) is 8.86. The summed E-state index contributed by atoms with van der Waals surface area (Å²) in [7, 11) is 0. The van der Waals surface area contributed by atoms with Crippen LogP contribution >= 0.6 is 0 Å². The molecule has 0 spiro atoms. The van der Waals surface area contributed by atoms with Crippen LogP contribution in [0.3, 0.4) is 0 Å². The maximum absolute atomic E-state index is 3.66. The lowest BCUT2D eigenvalue weighted by Crippen LogP contribution is -2.46. The van der Waals surface area contributed by atoms with Gasteiger partial charge < -0.3 is 5.32 Å². The Morgan fingerprint density at radius 3 is 1.68 bits per heavy atom. The maximum atomic E-state index is 3.66. The SMILES string of the molecule is CCCC(CNCC(C)C)N(CC(C)C)CC(C)C. The average molecular weight is 271 g/mol. The quantitative estimate of drug-likeness (QED) is 0.610. The topological polar surface area (TPSA) is 15.3 Å². The van der Waals surface area contributed by atoms with Gasteiger partial charge in [0.1, 0.15) is 0 Å². The molecule has 19 heavy (non-hydrogen) atoms. The highest BCUT2D eigenvalue weighted by Crippen LogP contribution is 2.12. The van der Waals surface area contributed by atoms with Gasteiger partial charge in [0.05, 0.1) is 0 Å². The van der Waals surface area contributed by atoms with E-state index in [4.69, 9.17) is 0 Å². The third-order valence-electron chi connectivity index (χ3n) is 3.27. The number of nitrogens with one attached hydrogen (secondary N) is 1. The largest absolute Gasteiger partial charge is 0.315 e. The van der Waals surface area contributed by atoms with E-state index in [0.717, 1.165) is 30.8 Å². The Kier molecular flexibility index (Phi) is 10.6. The third kappa shape index (κ3) is 10.4. The summed E-state index contributed by atoms with van der Waals surface area (Å²) < 4.78 is 0. The van der Waals surface area contributed by atoms with Crippen molar-refractivity contribution in [3.63, 3.8) is 0 Å². The van der Waals surface area contributed by atoms with Gasteiger partial charge in [0.2, 0.25) is 0 Å². The van der Waals surface area contributed by atoms with Crippen LogP contribution in [0.5, 0.6) is 0 Å². The fraction of sp³-hybridized carbons (Fsp3) is 1.00. The van der Waals surface area contributed by atoms with Crippen LogP contribution in [0.4, 0.5) is 0 Å². The molecule has 0 rings (SSSR count). The van der Waals surface area contributed by atoms with Gasteiger partial charge in [0.25, 0.3) is 0 Å². The van der Waals surface area contributed by atoms with E-state index in [1.54, 1.807) is 0 Å². The second-order valence-electron chi connectivity index (χ2n) is 7.24. The minimum absolute atomic E-state index is 0.702. The van der Waals surface area contributed by atoms with Crippen molar-refractivity contribution in [1.82, 2.24) is 10.2 Å². The maximum Gasteiger partial charge on any atom is 0.0220 e. The van der Waals surface area contributed by atoms with Crippen LogP contribution in [0.2, 0.25) is 0 Å². The fourth-order valence-electron chi connectivity index (χ4n) is 2.60. The zero-order valence-electron chi connectivity index (χ0n) is 14.5. The van der Waals surface area contributed by atoms with Gasteiger partial charge in [-0.25, -0.2) is 0 Å². The highest BCUT2D eigenvalue weighted by Gasteiger charge is 2.19. The van der Waals surface area contributed by atoms with E-state index in [1.807, 2.05) is 0 Å². The molecule has 0 saturated heterocycles. The summed E-state index contributed by atoms with van der Waals surface area (Å²) in [4.78, 5) is 2.71. The van der Waals surface area contributed by atoms with Gasteiger partial charge in [-0.15, -0.1) is 0 Å². The summed E-state index contributed by atoms with van der Waals surface area (Å²) in [6.45, 7) is 20.9. The first kappa shape index (κ1) is 18.9. The Bertz CT molecular complexity index is 189. The van der Waals surface area contributed by atoms with Crippen LogP contribution in [0.15, 0.2) is 0 Å². The minimum atomic E-state index is 0.702. The lowest BCUT2D eigenvalue weighted by molar-refractivity contribution is 0.144. The fourth-order valence-corrected chi connectivity index (χ4v) is 2.60. The van der Waals surface area contributed by atoms with Gasteiger partial charge in [0, 0.05) is 25.7 Å². The molecule has 0 aromatic carbocycles. The third-order valence-corrected chi connectivity index (χ3v) is 3.27. The second-order valence-corrected chi connectivity index (χ2v) is 7.24. The molecule has 1 N–H and O–H groups in total. The molecule has 0 aliphatic heterocycles. The van der Waals surface area contributed by atoms with E-state index in [-0.39, 0.29) is 0 Å². The summed E-state index contributed by atoms with van der Waals surface area (Å²) in [5, 5.41) is 3.66. The van der Waals surface area contributed by atoms with Crippen molar-refractivity contribution in [2.24, 2.45) is 17.8 Å². The van der Waals surface area contributed by atoms with Crippen molar-refractivity contribution in [2.75, 3.05) is 26.2 Å². The van der Waals surface area contributed by atoms with Crippen LogP contribution in [0.1, 0.15) is 61.3 Å². The molecule has 0 amide bonds. The number of hydrogen-bond donors (Lipinski definition) is 1. The van der Waals surface area contributed by atoms with Crippen LogP contribution in [-0.2, 0) is 0 Å². The molecular weight excluding hydrogens is 232 g/mol. The van der Waals surface area contributed by atoms with Crippen molar-refractivity contribution >= 4 is 0 Å². The smallest absolute Gasteiger partial charge is 0.0220 e. The molecule has 0 aliphatic carbocycles. The molecule has 0 fully saturated rings. The van der Waals surface area contributed by atoms with E-state index in [1.165, 1.54) is 25.9 Å². The molecule has 2 nitrogen and oxygen atoms in total. The minimum Gasteiger partial charge on any atom is -0.315 e. The summed E-state index contributed by atoms with van der Waals surface area (Å²) in [6.07, 6.45) is 2.59. The van der Waals surface area contributed by atoms with E-state index in [0.29, 0.717) is 6.04 Å². The summed E-state index contributed by atoms with van der Waals surface area (Å²) in [5.74, 6) is 2.25. The summed E-state index contributed by atoms with van der Waals surface area (Å²) in [6, 6.07) is 0.702. The standard InChI is InChI=1S/C17H38N2/c1-8-9-17(11-18-10-14(2)3)19(12-15(4)5)13-16(6)7/h14-18H,8-13H2,1-7H3. The lowest BCUT2D eigenvalue weighted by Gasteiger charge is -2.34. The predicted octanol–water partition coefficient (Wildman–Crippen LogP) is 4.01. The van der Waals surface area contributed by atoms with E-state index < -0.39 is 0 Å². The van der Waals surface area contributed by atoms with Crippen LogP contribution in [-0.4, -0.2) is 37.1 Å². The zero-order chi connectivity index (χ0) is 14.8. The van der Waals surface area contributed by atoms with Crippen LogP contribution < -0.4 is 5.32 Å². The molecule has 1 unspecified atom stereocenters. The lowest BCUT2D eigenvalue weighted by atomic mass is 10.0. The Morgan fingerprint density at radius 2 is 1.32 bits per heavy atom. The molecule has 2 heteroatoms. The highest BCUT2D eigenvalue weighted by molar-refractivity contribution is 4.76. The molecule has 0 radical (unpaired) electrons. The second kappa shape index (κ2) is 10.7. The Hall–Kier alpha value is -0.0800. The van der Waals surface area contributed by atoms with Gasteiger partial charge in [-0.3, -0.25) is 4.90 Å². The molecule has 0 aromatic rings. The average Bonchev–Trinajstić information content (AvgIpc) is 2.25. The van der Waals surface area contributed by atoms with Crippen molar-refractivity contribution in [3.8, 4) is 0 Å². The molecular formula is C17H38N2. The van der Waals surface area contributed by atoms with Crippen molar-refractivity contribution in [1.29, 1.82) is 0 Å².